The van der Waals surface area contributed by atoms with Gasteiger partial charge in [-0.2, -0.15) is 0 Å². The molecule has 0 bridgehead atoms. The van der Waals surface area contributed by atoms with Gasteiger partial charge in [0.05, 0.1) is 9.95 Å². The van der Waals surface area contributed by atoms with E-state index in [1.54, 1.807) is 19.1 Å². The number of halogens is 1. The Morgan fingerprint density at radius 2 is 2.15 bits per heavy atom. The fourth-order valence-electron chi connectivity index (χ4n) is 1.60. The first-order chi connectivity index (χ1) is 9.49. The van der Waals surface area contributed by atoms with Crippen LogP contribution in [0.5, 0.6) is 0 Å². The SMILES string of the molecule is Cc1ccc(C(=O)Nc2ncccc2Cl)cc1[N+](=O)[O-]. The van der Waals surface area contributed by atoms with Gasteiger partial charge in [0.1, 0.15) is 0 Å². The molecule has 6 nitrogen and oxygen atoms in total. The largest absolute Gasteiger partial charge is 0.305 e. The number of nitrogens with one attached hydrogen (secondary N) is 1. The number of benzene rings is 1. The Hall–Kier alpha value is -2.47. The third-order valence-corrected chi connectivity index (χ3v) is 2.96. The van der Waals surface area contributed by atoms with Crippen LogP contribution < -0.4 is 5.32 Å². The number of hydrogen-bond donors (Lipinski definition) is 1. The molecule has 0 saturated carbocycles. The number of aryl methyl sites for hydroxylation is 1. The molecule has 0 atom stereocenters. The van der Waals surface area contributed by atoms with Gasteiger partial charge >= 0.3 is 0 Å². The monoisotopic (exact) mass is 291 g/mol. The van der Waals surface area contributed by atoms with E-state index >= 15 is 0 Å². The summed E-state index contributed by atoms with van der Waals surface area (Å²) in [7, 11) is 0. The zero-order valence-corrected chi connectivity index (χ0v) is 11.2. The van der Waals surface area contributed by atoms with Crippen molar-refractivity contribution in [3.63, 3.8) is 0 Å². The Kier molecular flexibility index (Phi) is 3.95. The molecule has 1 amide bonds. The topological polar surface area (TPSA) is 85.1 Å². The number of pyridine rings is 1. The van der Waals surface area contributed by atoms with E-state index in [4.69, 9.17) is 11.6 Å². The number of rotatable bonds is 3. The third kappa shape index (κ3) is 2.92. The average Bonchev–Trinajstić information content (AvgIpc) is 2.41. The summed E-state index contributed by atoms with van der Waals surface area (Å²) in [5.74, 6) is -0.295. The van der Waals surface area contributed by atoms with Gasteiger partial charge in [0.2, 0.25) is 0 Å². The highest BCUT2D eigenvalue weighted by Crippen LogP contribution is 2.21. The van der Waals surface area contributed by atoms with E-state index in [1.807, 2.05) is 0 Å². The lowest BCUT2D eigenvalue weighted by Gasteiger charge is -2.06. The number of nitrogens with zero attached hydrogens (tertiary/aromatic N) is 2. The molecule has 1 heterocycles. The molecule has 0 aliphatic carbocycles. The summed E-state index contributed by atoms with van der Waals surface area (Å²) in [4.78, 5) is 26.3. The standard InChI is InChI=1S/C13H10ClN3O3/c1-8-4-5-9(7-11(8)17(19)20)13(18)16-12-10(14)3-2-6-15-12/h2-7H,1H3,(H,15,16,18). The highest BCUT2D eigenvalue weighted by atomic mass is 35.5. The minimum Gasteiger partial charge on any atom is -0.305 e. The van der Waals surface area contributed by atoms with Crippen molar-refractivity contribution in [2.75, 3.05) is 5.32 Å². The minimum atomic E-state index is -0.528. The maximum atomic E-state index is 12.0. The molecule has 0 saturated heterocycles. The van der Waals surface area contributed by atoms with Crippen LogP contribution in [0.3, 0.4) is 0 Å². The Bertz CT molecular complexity index is 688. The first-order valence-corrected chi connectivity index (χ1v) is 6.04. The molecule has 7 heteroatoms. The van der Waals surface area contributed by atoms with E-state index < -0.39 is 10.8 Å². The second-order valence-electron chi connectivity index (χ2n) is 4.05. The summed E-state index contributed by atoms with van der Waals surface area (Å²) in [6, 6.07) is 7.47. The second kappa shape index (κ2) is 5.66. The van der Waals surface area contributed by atoms with Crippen LogP contribution in [0.25, 0.3) is 0 Å². The lowest BCUT2D eigenvalue weighted by atomic mass is 10.1. The van der Waals surface area contributed by atoms with Crippen LogP contribution in [0, 0.1) is 17.0 Å². The Labute approximate surface area is 119 Å². The normalized spacial score (nSPS) is 10.1. The molecule has 0 aliphatic heterocycles. The third-order valence-electron chi connectivity index (χ3n) is 2.66. The van der Waals surface area contributed by atoms with Crippen LogP contribution in [0.1, 0.15) is 15.9 Å². The van der Waals surface area contributed by atoms with E-state index in [-0.39, 0.29) is 17.1 Å². The smallest absolute Gasteiger partial charge is 0.273 e. The van der Waals surface area contributed by atoms with Crippen molar-refractivity contribution in [2.45, 2.75) is 6.92 Å². The van der Waals surface area contributed by atoms with E-state index in [2.05, 4.69) is 10.3 Å². The van der Waals surface area contributed by atoms with Gasteiger partial charge in [-0.3, -0.25) is 14.9 Å². The van der Waals surface area contributed by atoms with Crippen molar-refractivity contribution in [2.24, 2.45) is 0 Å². The highest BCUT2D eigenvalue weighted by Gasteiger charge is 2.16. The number of hydrogen-bond acceptors (Lipinski definition) is 4. The first kappa shape index (κ1) is 14.0. The fourth-order valence-corrected chi connectivity index (χ4v) is 1.77. The van der Waals surface area contributed by atoms with Crippen molar-refractivity contribution < 1.29 is 9.72 Å². The highest BCUT2D eigenvalue weighted by molar-refractivity contribution is 6.33. The molecule has 102 valence electrons. The van der Waals surface area contributed by atoms with Gasteiger partial charge in [0.15, 0.2) is 5.82 Å². The number of anilines is 1. The van der Waals surface area contributed by atoms with Gasteiger partial charge in [-0.1, -0.05) is 17.7 Å². The maximum absolute atomic E-state index is 12.0. The number of nitro benzene ring substituents is 1. The van der Waals surface area contributed by atoms with Gasteiger partial charge in [-0.05, 0) is 25.1 Å². The lowest BCUT2D eigenvalue weighted by Crippen LogP contribution is -2.13. The number of carbonyl (C=O) groups is 1. The van der Waals surface area contributed by atoms with Crippen LogP contribution in [-0.4, -0.2) is 15.8 Å². The van der Waals surface area contributed by atoms with Crippen LogP contribution in [0.15, 0.2) is 36.5 Å². The van der Waals surface area contributed by atoms with E-state index in [0.29, 0.717) is 10.6 Å². The van der Waals surface area contributed by atoms with Crippen LogP contribution >= 0.6 is 11.6 Å². The number of carbonyl (C=O) groups excluding carboxylic acids is 1. The van der Waals surface area contributed by atoms with Gasteiger partial charge in [-0.25, -0.2) is 4.98 Å². The molecule has 0 unspecified atom stereocenters. The zero-order valence-electron chi connectivity index (χ0n) is 10.5. The molecule has 2 aromatic rings. The van der Waals surface area contributed by atoms with Crippen LogP contribution in [-0.2, 0) is 0 Å². The number of aromatic nitrogens is 1. The summed E-state index contributed by atoms with van der Waals surface area (Å²) in [5.41, 5.74) is 0.552. The van der Waals surface area contributed by atoms with Crippen LogP contribution in [0.2, 0.25) is 5.02 Å². The van der Waals surface area contributed by atoms with Crippen molar-refractivity contribution in [1.82, 2.24) is 4.98 Å². The average molecular weight is 292 g/mol. The number of nitro groups is 1. The van der Waals surface area contributed by atoms with Crippen molar-refractivity contribution >= 4 is 29.0 Å². The predicted octanol–water partition coefficient (Wildman–Crippen LogP) is 3.20. The Morgan fingerprint density at radius 3 is 2.80 bits per heavy atom. The summed E-state index contributed by atoms with van der Waals surface area (Å²) < 4.78 is 0. The Balaban J connectivity index is 2.28. The second-order valence-corrected chi connectivity index (χ2v) is 4.45. The molecule has 2 rings (SSSR count). The fraction of sp³-hybridized carbons (Fsp3) is 0.0769. The zero-order chi connectivity index (χ0) is 14.7. The molecule has 0 radical (unpaired) electrons. The summed E-state index contributed by atoms with van der Waals surface area (Å²) >= 11 is 5.88. The maximum Gasteiger partial charge on any atom is 0.273 e. The van der Waals surface area contributed by atoms with Gasteiger partial charge < -0.3 is 5.32 Å². The van der Waals surface area contributed by atoms with Gasteiger partial charge in [-0.15, -0.1) is 0 Å². The van der Waals surface area contributed by atoms with E-state index in [0.717, 1.165) is 0 Å². The predicted molar refractivity (Wildman–Crippen MR) is 75.0 cm³/mol. The summed E-state index contributed by atoms with van der Waals surface area (Å²) in [5, 5.41) is 13.7. The molecule has 0 fully saturated rings. The molecule has 1 N–H and O–H groups in total. The molecule has 1 aromatic heterocycles. The number of amides is 1. The molecule has 0 aliphatic rings. The quantitative estimate of drug-likeness (QED) is 0.695. The molecule has 1 aromatic carbocycles. The summed E-state index contributed by atoms with van der Waals surface area (Å²) in [6.07, 6.45) is 1.49. The van der Waals surface area contributed by atoms with Crippen molar-refractivity contribution in [3.8, 4) is 0 Å². The van der Waals surface area contributed by atoms with Gasteiger partial charge in [0.25, 0.3) is 11.6 Å². The Morgan fingerprint density at radius 1 is 1.40 bits per heavy atom. The van der Waals surface area contributed by atoms with E-state index in [9.17, 15) is 14.9 Å². The van der Waals surface area contributed by atoms with Crippen molar-refractivity contribution in [1.29, 1.82) is 0 Å². The lowest BCUT2D eigenvalue weighted by molar-refractivity contribution is -0.385. The molecular formula is C13H10ClN3O3. The van der Waals surface area contributed by atoms with Gasteiger partial charge in [0, 0.05) is 23.4 Å². The minimum absolute atomic E-state index is 0.107. The molecular weight excluding hydrogens is 282 g/mol. The van der Waals surface area contributed by atoms with Crippen LogP contribution in [0.4, 0.5) is 11.5 Å². The molecule has 0 spiro atoms. The summed E-state index contributed by atoms with van der Waals surface area (Å²) in [6.45, 7) is 1.61. The van der Waals surface area contributed by atoms with Crippen molar-refractivity contribution in [3.05, 3.63) is 62.8 Å². The molecule has 20 heavy (non-hydrogen) atoms. The van der Waals surface area contributed by atoms with E-state index in [1.165, 1.54) is 24.4 Å². The first-order valence-electron chi connectivity index (χ1n) is 5.66.